The fourth-order valence-electron chi connectivity index (χ4n) is 3.21. The zero-order valence-corrected chi connectivity index (χ0v) is 18.5. The molecule has 0 bridgehead atoms. The minimum absolute atomic E-state index is 0.0821. The van der Waals surface area contributed by atoms with Crippen molar-refractivity contribution in [2.45, 2.75) is 52.1 Å². The Labute approximate surface area is 183 Å². The van der Waals surface area contributed by atoms with Crippen LogP contribution in [0.2, 0.25) is 0 Å². The molecule has 2 amide bonds. The van der Waals surface area contributed by atoms with Gasteiger partial charge in [0.25, 0.3) is 0 Å². The third-order valence-corrected chi connectivity index (χ3v) is 4.96. The Kier molecular flexibility index (Phi) is 7.87. The number of urea groups is 1. The van der Waals surface area contributed by atoms with E-state index in [9.17, 15) is 9.90 Å². The summed E-state index contributed by atoms with van der Waals surface area (Å²) in [5.74, 6) is 1.80. The smallest absolute Gasteiger partial charge is 0.322 e. The third kappa shape index (κ3) is 6.20. The van der Waals surface area contributed by atoms with Gasteiger partial charge in [0.05, 0.1) is 20.3 Å². The van der Waals surface area contributed by atoms with E-state index in [1.54, 1.807) is 18.2 Å². The fourth-order valence-corrected chi connectivity index (χ4v) is 3.21. The van der Waals surface area contributed by atoms with Crippen LogP contribution >= 0.6 is 0 Å². The van der Waals surface area contributed by atoms with E-state index in [1.165, 1.54) is 7.11 Å². The molecule has 7 nitrogen and oxygen atoms in total. The van der Waals surface area contributed by atoms with Gasteiger partial charge in [-0.15, -0.1) is 0 Å². The molecule has 2 aromatic rings. The molecule has 1 saturated carbocycles. The first-order valence-electron chi connectivity index (χ1n) is 10.9. The molecule has 2 aromatic carbocycles. The number of amides is 2. The summed E-state index contributed by atoms with van der Waals surface area (Å²) in [6.07, 6.45) is 3.76. The molecule has 0 aromatic heterocycles. The maximum atomic E-state index is 13.1. The first kappa shape index (κ1) is 22.6. The SMILES string of the molecule is CCCOc1ccc(NC(=O)N(Cc2ccc(O)c(OC)c2)C2CC2)cc1OCCC. The number of hydrogen-bond acceptors (Lipinski definition) is 5. The predicted octanol–water partition coefficient (Wildman–Crippen LogP) is 5.17. The van der Waals surface area contributed by atoms with Crippen LogP contribution in [0.4, 0.5) is 10.5 Å². The molecule has 0 atom stereocenters. The zero-order chi connectivity index (χ0) is 22.2. The molecule has 0 radical (unpaired) electrons. The molecule has 0 aliphatic heterocycles. The van der Waals surface area contributed by atoms with E-state index in [0.29, 0.717) is 42.7 Å². The molecule has 0 unspecified atom stereocenters. The molecular formula is C24H32N2O5. The van der Waals surface area contributed by atoms with Gasteiger partial charge in [0.2, 0.25) is 0 Å². The highest BCUT2D eigenvalue weighted by Gasteiger charge is 2.33. The van der Waals surface area contributed by atoms with Gasteiger partial charge in [0.1, 0.15) is 0 Å². The van der Waals surface area contributed by atoms with E-state index >= 15 is 0 Å². The van der Waals surface area contributed by atoms with Gasteiger partial charge in [-0.1, -0.05) is 19.9 Å². The van der Waals surface area contributed by atoms with Crippen LogP contribution < -0.4 is 19.5 Å². The van der Waals surface area contributed by atoms with Crippen LogP contribution in [0, 0.1) is 0 Å². The topological polar surface area (TPSA) is 80.3 Å². The van der Waals surface area contributed by atoms with E-state index in [4.69, 9.17) is 14.2 Å². The van der Waals surface area contributed by atoms with Crippen molar-refractivity contribution in [1.82, 2.24) is 4.90 Å². The summed E-state index contributed by atoms with van der Waals surface area (Å²) in [4.78, 5) is 14.9. The van der Waals surface area contributed by atoms with E-state index in [0.717, 1.165) is 31.2 Å². The molecule has 168 valence electrons. The van der Waals surface area contributed by atoms with Crippen molar-refractivity contribution in [3.8, 4) is 23.0 Å². The highest BCUT2D eigenvalue weighted by Crippen LogP contribution is 2.34. The number of benzene rings is 2. The Morgan fingerprint density at radius 1 is 1.03 bits per heavy atom. The first-order valence-corrected chi connectivity index (χ1v) is 10.9. The molecule has 1 aliphatic rings. The van der Waals surface area contributed by atoms with Crippen molar-refractivity contribution in [1.29, 1.82) is 0 Å². The Hall–Kier alpha value is -3.09. The summed E-state index contributed by atoms with van der Waals surface area (Å²) in [5, 5.41) is 12.8. The summed E-state index contributed by atoms with van der Waals surface area (Å²) in [7, 11) is 1.51. The molecule has 31 heavy (non-hydrogen) atoms. The quantitative estimate of drug-likeness (QED) is 0.516. The Morgan fingerprint density at radius 3 is 2.39 bits per heavy atom. The van der Waals surface area contributed by atoms with Crippen LogP contribution in [0.5, 0.6) is 23.0 Å². The second-order valence-electron chi connectivity index (χ2n) is 7.65. The number of aromatic hydroxyl groups is 1. The number of nitrogens with one attached hydrogen (secondary N) is 1. The standard InChI is InChI=1S/C24H32N2O5/c1-4-12-30-21-11-7-18(15-23(21)31-13-5-2)25-24(28)26(19-8-9-19)16-17-6-10-20(27)22(14-17)29-3/h6-7,10-11,14-15,19,27H,4-5,8-9,12-13,16H2,1-3H3,(H,25,28). The lowest BCUT2D eigenvalue weighted by molar-refractivity contribution is 0.206. The third-order valence-electron chi connectivity index (χ3n) is 4.96. The Morgan fingerprint density at radius 2 is 1.74 bits per heavy atom. The summed E-state index contributed by atoms with van der Waals surface area (Å²) >= 11 is 0. The highest BCUT2D eigenvalue weighted by atomic mass is 16.5. The van der Waals surface area contributed by atoms with Gasteiger partial charge in [0.15, 0.2) is 23.0 Å². The normalized spacial score (nSPS) is 12.9. The number of rotatable bonds is 11. The number of phenols is 1. The van der Waals surface area contributed by atoms with Crippen molar-refractivity contribution in [3.63, 3.8) is 0 Å². The lowest BCUT2D eigenvalue weighted by Gasteiger charge is -2.24. The maximum absolute atomic E-state index is 13.1. The molecule has 2 N–H and O–H groups in total. The van der Waals surface area contributed by atoms with Crippen LogP contribution in [-0.4, -0.2) is 42.4 Å². The Bertz CT molecular complexity index is 882. The molecule has 0 saturated heterocycles. The van der Waals surface area contributed by atoms with Crippen molar-refractivity contribution >= 4 is 11.7 Å². The highest BCUT2D eigenvalue weighted by molar-refractivity contribution is 5.90. The van der Waals surface area contributed by atoms with Crippen LogP contribution in [-0.2, 0) is 6.54 Å². The summed E-state index contributed by atoms with van der Waals surface area (Å²) in [5.41, 5.74) is 1.56. The largest absolute Gasteiger partial charge is 0.504 e. The number of methoxy groups -OCH3 is 1. The van der Waals surface area contributed by atoms with Gasteiger partial charge in [-0.05, 0) is 55.5 Å². The molecule has 1 aliphatic carbocycles. The number of anilines is 1. The molecule has 3 rings (SSSR count). The number of phenolic OH excluding ortho intramolecular Hbond substituents is 1. The van der Waals surface area contributed by atoms with E-state index in [1.807, 2.05) is 30.0 Å². The van der Waals surface area contributed by atoms with Crippen molar-refractivity contribution in [2.24, 2.45) is 0 Å². The monoisotopic (exact) mass is 428 g/mol. The van der Waals surface area contributed by atoms with Crippen LogP contribution in [0.15, 0.2) is 36.4 Å². The Balaban J connectivity index is 1.73. The number of hydrogen-bond donors (Lipinski definition) is 2. The average Bonchev–Trinajstić information content (AvgIpc) is 3.61. The lowest BCUT2D eigenvalue weighted by atomic mass is 10.2. The summed E-state index contributed by atoms with van der Waals surface area (Å²) in [6.45, 7) is 5.72. The van der Waals surface area contributed by atoms with Crippen LogP contribution in [0.25, 0.3) is 0 Å². The van der Waals surface area contributed by atoms with Gasteiger partial charge in [-0.25, -0.2) is 4.79 Å². The zero-order valence-electron chi connectivity index (χ0n) is 18.5. The molecule has 1 fully saturated rings. The molecular weight excluding hydrogens is 396 g/mol. The molecule has 0 spiro atoms. The fraction of sp³-hybridized carbons (Fsp3) is 0.458. The number of ether oxygens (including phenoxy) is 3. The van der Waals surface area contributed by atoms with Crippen molar-refractivity contribution in [3.05, 3.63) is 42.0 Å². The number of carbonyl (C=O) groups is 1. The first-order chi connectivity index (χ1) is 15.0. The lowest BCUT2D eigenvalue weighted by Crippen LogP contribution is -2.36. The van der Waals surface area contributed by atoms with Gasteiger partial charge >= 0.3 is 6.03 Å². The van der Waals surface area contributed by atoms with E-state index in [2.05, 4.69) is 12.2 Å². The minimum atomic E-state index is -0.168. The van der Waals surface area contributed by atoms with Crippen molar-refractivity contribution < 1.29 is 24.1 Å². The van der Waals surface area contributed by atoms with E-state index < -0.39 is 0 Å². The van der Waals surface area contributed by atoms with Gasteiger partial charge < -0.3 is 29.5 Å². The van der Waals surface area contributed by atoms with Gasteiger partial charge in [-0.2, -0.15) is 0 Å². The van der Waals surface area contributed by atoms with Gasteiger partial charge in [0, 0.05) is 24.3 Å². The van der Waals surface area contributed by atoms with Crippen molar-refractivity contribution in [2.75, 3.05) is 25.6 Å². The van der Waals surface area contributed by atoms with Crippen LogP contribution in [0.3, 0.4) is 0 Å². The average molecular weight is 429 g/mol. The maximum Gasteiger partial charge on any atom is 0.322 e. The minimum Gasteiger partial charge on any atom is -0.504 e. The number of nitrogens with zero attached hydrogens (tertiary/aromatic N) is 1. The summed E-state index contributed by atoms with van der Waals surface area (Å²) in [6, 6.07) is 10.7. The van der Waals surface area contributed by atoms with Gasteiger partial charge in [-0.3, -0.25) is 0 Å². The second-order valence-corrected chi connectivity index (χ2v) is 7.65. The summed E-state index contributed by atoms with van der Waals surface area (Å²) < 4.78 is 16.8. The number of carbonyl (C=O) groups excluding carboxylic acids is 1. The molecule has 7 heteroatoms. The predicted molar refractivity (Wildman–Crippen MR) is 120 cm³/mol. The molecule has 0 heterocycles. The second kappa shape index (κ2) is 10.8. The van der Waals surface area contributed by atoms with Crippen LogP contribution in [0.1, 0.15) is 45.1 Å². The van der Waals surface area contributed by atoms with E-state index in [-0.39, 0.29) is 17.8 Å².